The summed E-state index contributed by atoms with van der Waals surface area (Å²) < 4.78 is 0. The Morgan fingerprint density at radius 2 is 1.75 bits per heavy atom. The molecule has 0 radical (unpaired) electrons. The van der Waals surface area contributed by atoms with Crippen LogP contribution in [0.2, 0.25) is 0 Å². The van der Waals surface area contributed by atoms with Gasteiger partial charge in [-0.2, -0.15) is 0 Å². The normalized spacial score (nSPS) is 12.5. The number of carboxylic acid groups (broad SMARTS) is 1. The van der Waals surface area contributed by atoms with Gasteiger partial charge in [0, 0.05) is 6.54 Å². The molecule has 0 spiro atoms. The van der Waals surface area contributed by atoms with Gasteiger partial charge in [-0.05, 0) is 12.8 Å². The molecule has 0 saturated heterocycles. The first-order chi connectivity index (χ1) is 11.1. The Kier molecular flexibility index (Phi) is 9.48. The fourth-order valence-corrected chi connectivity index (χ4v) is 1.61. The number of aliphatic carboxylic acids is 1. The van der Waals surface area contributed by atoms with Crippen LogP contribution in [0.5, 0.6) is 0 Å². The molecule has 2 unspecified atom stereocenters. The summed E-state index contributed by atoms with van der Waals surface area (Å²) in [6.07, 6.45) is 0.0774. The molecule has 0 aliphatic heterocycles. The second-order valence-electron chi connectivity index (χ2n) is 4.90. The molecule has 0 fully saturated rings. The van der Waals surface area contributed by atoms with E-state index in [1.54, 1.807) is 0 Å². The van der Waals surface area contributed by atoms with Crippen LogP contribution in [0, 0.1) is 0 Å². The number of carbonyl (C=O) groups is 4. The van der Waals surface area contributed by atoms with Crippen molar-refractivity contribution >= 4 is 29.7 Å². The molecule has 12 heteroatoms. The first-order valence-electron chi connectivity index (χ1n) is 7.02. The first kappa shape index (κ1) is 21.1. The van der Waals surface area contributed by atoms with Crippen LogP contribution in [0.25, 0.3) is 0 Å². The average Bonchev–Trinajstić information content (AvgIpc) is 2.46. The maximum Gasteiger partial charge on any atom is 0.326 e. The van der Waals surface area contributed by atoms with Crippen LogP contribution in [0.15, 0.2) is 4.99 Å². The quantitative estimate of drug-likeness (QED) is 0.110. The Bertz CT molecular complexity index is 504. The number of carboxylic acids is 1. The van der Waals surface area contributed by atoms with Crippen molar-refractivity contribution in [1.29, 1.82) is 0 Å². The summed E-state index contributed by atoms with van der Waals surface area (Å²) in [5.74, 6) is -3.56. The fourth-order valence-electron chi connectivity index (χ4n) is 1.61. The third-order valence-electron chi connectivity index (χ3n) is 2.76. The number of rotatable bonds is 11. The molecule has 0 heterocycles. The van der Waals surface area contributed by atoms with Crippen molar-refractivity contribution in [3.63, 3.8) is 0 Å². The number of nitrogens with two attached hydrogens (primary N) is 4. The minimum Gasteiger partial charge on any atom is -0.480 e. The van der Waals surface area contributed by atoms with E-state index < -0.39 is 42.3 Å². The van der Waals surface area contributed by atoms with Gasteiger partial charge < -0.3 is 38.7 Å². The largest absolute Gasteiger partial charge is 0.480 e. The molecule has 0 saturated carbocycles. The Morgan fingerprint density at radius 1 is 1.12 bits per heavy atom. The number of guanidine groups is 1. The van der Waals surface area contributed by atoms with Crippen LogP contribution < -0.4 is 33.6 Å². The second-order valence-corrected chi connectivity index (χ2v) is 4.90. The highest BCUT2D eigenvalue weighted by atomic mass is 16.4. The Morgan fingerprint density at radius 3 is 2.25 bits per heavy atom. The van der Waals surface area contributed by atoms with Crippen molar-refractivity contribution in [2.24, 2.45) is 27.9 Å². The predicted molar refractivity (Wildman–Crippen MR) is 84.3 cm³/mol. The highest BCUT2D eigenvalue weighted by Crippen LogP contribution is 1.98. The van der Waals surface area contributed by atoms with Gasteiger partial charge in [-0.1, -0.05) is 0 Å². The van der Waals surface area contributed by atoms with E-state index in [2.05, 4.69) is 15.6 Å². The van der Waals surface area contributed by atoms with E-state index in [0.29, 0.717) is 6.42 Å². The maximum absolute atomic E-state index is 11.7. The lowest BCUT2D eigenvalue weighted by atomic mass is 10.1. The van der Waals surface area contributed by atoms with Crippen LogP contribution in [-0.4, -0.2) is 59.9 Å². The summed E-state index contributed by atoms with van der Waals surface area (Å²) in [6, 6.07) is -2.33. The molecule has 0 aromatic rings. The number of primary amides is 1. The van der Waals surface area contributed by atoms with Gasteiger partial charge in [-0.25, -0.2) is 4.79 Å². The summed E-state index contributed by atoms with van der Waals surface area (Å²) in [7, 11) is 0. The van der Waals surface area contributed by atoms with Gasteiger partial charge >= 0.3 is 5.97 Å². The van der Waals surface area contributed by atoms with Crippen LogP contribution in [-0.2, 0) is 19.2 Å². The monoisotopic (exact) mass is 345 g/mol. The Hall–Kier alpha value is -2.89. The number of hydrogen-bond acceptors (Lipinski definition) is 6. The van der Waals surface area contributed by atoms with E-state index in [1.165, 1.54) is 0 Å². The van der Waals surface area contributed by atoms with Crippen molar-refractivity contribution < 1.29 is 24.3 Å². The van der Waals surface area contributed by atoms with Crippen molar-refractivity contribution in [3.05, 3.63) is 0 Å². The van der Waals surface area contributed by atoms with E-state index in [4.69, 9.17) is 28.0 Å². The van der Waals surface area contributed by atoms with Crippen LogP contribution >= 0.6 is 0 Å². The molecular weight excluding hydrogens is 322 g/mol. The van der Waals surface area contributed by atoms with Crippen molar-refractivity contribution in [1.82, 2.24) is 10.6 Å². The molecule has 24 heavy (non-hydrogen) atoms. The molecule has 12 nitrogen and oxygen atoms in total. The summed E-state index contributed by atoms with van der Waals surface area (Å²) in [5.41, 5.74) is 20.6. The molecule has 0 aliphatic rings. The SMILES string of the molecule is NC(=O)CC(N)C(=O)NCC(=O)NC(CCCN=C(N)N)C(=O)O. The molecule has 0 bridgehead atoms. The third-order valence-corrected chi connectivity index (χ3v) is 2.76. The zero-order chi connectivity index (χ0) is 18.7. The van der Waals surface area contributed by atoms with Gasteiger partial charge in [0.05, 0.1) is 19.0 Å². The van der Waals surface area contributed by atoms with Crippen molar-refractivity contribution in [2.75, 3.05) is 13.1 Å². The molecule has 136 valence electrons. The molecule has 3 amide bonds. The maximum atomic E-state index is 11.7. The lowest BCUT2D eigenvalue weighted by Crippen LogP contribution is -2.49. The third kappa shape index (κ3) is 9.94. The van der Waals surface area contributed by atoms with E-state index in [1.807, 2.05) is 0 Å². The summed E-state index contributed by atoms with van der Waals surface area (Å²) >= 11 is 0. The molecule has 0 aromatic carbocycles. The van der Waals surface area contributed by atoms with Crippen LogP contribution in [0.4, 0.5) is 0 Å². The molecule has 2 atom stereocenters. The smallest absolute Gasteiger partial charge is 0.326 e. The van der Waals surface area contributed by atoms with Gasteiger partial charge in [0.15, 0.2) is 5.96 Å². The highest BCUT2D eigenvalue weighted by molar-refractivity contribution is 5.91. The highest BCUT2D eigenvalue weighted by Gasteiger charge is 2.21. The molecule has 0 aliphatic carbocycles. The Labute approximate surface area is 138 Å². The molecule has 0 rings (SSSR count). The molecular formula is C12H23N7O5. The first-order valence-corrected chi connectivity index (χ1v) is 7.02. The second kappa shape index (κ2) is 10.8. The van der Waals surface area contributed by atoms with Gasteiger partial charge in [-0.15, -0.1) is 0 Å². The van der Waals surface area contributed by atoms with Crippen molar-refractivity contribution in [2.45, 2.75) is 31.3 Å². The van der Waals surface area contributed by atoms with Crippen LogP contribution in [0.1, 0.15) is 19.3 Å². The van der Waals surface area contributed by atoms with Gasteiger partial charge in [0.2, 0.25) is 17.7 Å². The van der Waals surface area contributed by atoms with Crippen molar-refractivity contribution in [3.8, 4) is 0 Å². The van der Waals surface area contributed by atoms with Gasteiger partial charge in [0.1, 0.15) is 6.04 Å². The van der Waals surface area contributed by atoms with E-state index in [0.717, 1.165) is 0 Å². The summed E-state index contributed by atoms with van der Waals surface area (Å²) in [4.78, 5) is 48.6. The lowest BCUT2D eigenvalue weighted by Gasteiger charge is -2.15. The zero-order valence-corrected chi connectivity index (χ0v) is 13.0. The number of nitrogens with zero attached hydrogens (tertiary/aromatic N) is 1. The van der Waals surface area contributed by atoms with Crippen LogP contribution in [0.3, 0.4) is 0 Å². The predicted octanol–water partition coefficient (Wildman–Crippen LogP) is -4.07. The summed E-state index contributed by atoms with van der Waals surface area (Å²) in [5, 5.41) is 13.5. The number of amides is 3. The number of carbonyl (C=O) groups excluding carboxylic acids is 3. The Balaban J connectivity index is 4.28. The topological polar surface area (TPSA) is 229 Å². The average molecular weight is 345 g/mol. The lowest BCUT2D eigenvalue weighted by molar-refractivity contribution is -0.142. The van der Waals surface area contributed by atoms with E-state index in [9.17, 15) is 19.2 Å². The fraction of sp³-hybridized carbons (Fsp3) is 0.583. The number of nitrogens with one attached hydrogen (secondary N) is 2. The molecule has 0 aromatic heterocycles. The zero-order valence-electron chi connectivity index (χ0n) is 13.0. The summed E-state index contributed by atoms with van der Waals surface area (Å²) in [6.45, 7) is -0.260. The number of hydrogen-bond donors (Lipinski definition) is 7. The van der Waals surface area contributed by atoms with Gasteiger partial charge in [0.25, 0.3) is 0 Å². The van der Waals surface area contributed by atoms with E-state index in [-0.39, 0.29) is 25.3 Å². The standard InChI is InChI=1S/C12H23N7O5/c13-6(4-8(14)20)10(22)18-5-9(21)19-7(11(23)24)2-1-3-17-12(15)16/h6-7H,1-5,13H2,(H2,14,20)(H,18,22)(H,19,21)(H,23,24)(H4,15,16,17). The minimum absolute atomic E-state index is 0.104. The minimum atomic E-state index is -1.23. The van der Waals surface area contributed by atoms with Gasteiger partial charge in [-0.3, -0.25) is 19.4 Å². The molecule has 11 N–H and O–H groups in total. The van der Waals surface area contributed by atoms with E-state index >= 15 is 0 Å². The number of aliphatic imine (C=N–C) groups is 1.